The van der Waals surface area contributed by atoms with E-state index in [0.29, 0.717) is 24.6 Å². The SMILES string of the molecule is O=C(NC(c1cccs1)C1CCCC1)c1cccc(N2CCNC2=O)c1. The molecule has 1 aliphatic carbocycles. The fourth-order valence-electron chi connectivity index (χ4n) is 3.94. The zero-order valence-corrected chi connectivity index (χ0v) is 15.4. The molecule has 0 spiro atoms. The van der Waals surface area contributed by atoms with Crippen molar-refractivity contribution in [1.82, 2.24) is 10.6 Å². The van der Waals surface area contributed by atoms with Gasteiger partial charge >= 0.3 is 6.03 Å². The van der Waals surface area contributed by atoms with Crippen LogP contribution in [0.4, 0.5) is 10.5 Å². The average Bonchev–Trinajstić information content (AvgIpc) is 3.42. The van der Waals surface area contributed by atoms with Gasteiger partial charge in [-0.1, -0.05) is 25.0 Å². The van der Waals surface area contributed by atoms with E-state index in [-0.39, 0.29) is 18.0 Å². The van der Waals surface area contributed by atoms with Gasteiger partial charge in [0.15, 0.2) is 0 Å². The molecule has 1 aromatic carbocycles. The van der Waals surface area contributed by atoms with Gasteiger partial charge in [-0.05, 0) is 48.4 Å². The highest BCUT2D eigenvalue weighted by Crippen LogP contribution is 2.37. The average molecular weight is 369 g/mol. The van der Waals surface area contributed by atoms with E-state index in [2.05, 4.69) is 22.1 Å². The first-order valence-corrected chi connectivity index (χ1v) is 10.1. The molecule has 2 N–H and O–H groups in total. The maximum Gasteiger partial charge on any atom is 0.321 e. The van der Waals surface area contributed by atoms with Crippen LogP contribution in [0, 0.1) is 5.92 Å². The van der Waals surface area contributed by atoms with Gasteiger partial charge in [0.05, 0.1) is 6.04 Å². The number of anilines is 1. The predicted octanol–water partition coefficient (Wildman–Crippen LogP) is 3.94. The van der Waals surface area contributed by atoms with Gasteiger partial charge in [-0.2, -0.15) is 0 Å². The largest absolute Gasteiger partial charge is 0.344 e. The molecule has 0 bridgehead atoms. The lowest BCUT2D eigenvalue weighted by Crippen LogP contribution is -2.32. The summed E-state index contributed by atoms with van der Waals surface area (Å²) in [4.78, 5) is 27.7. The van der Waals surface area contributed by atoms with Crippen molar-refractivity contribution in [3.05, 3.63) is 52.2 Å². The number of hydrogen-bond donors (Lipinski definition) is 2. The Morgan fingerprint density at radius 1 is 1.23 bits per heavy atom. The summed E-state index contributed by atoms with van der Waals surface area (Å²) in [6.45, 7) is 1.27. The van der Waals surface area contributed by atoms with Gasteiger partial charge in [-0.25, -0.2) is 4.79 Å². The molecule has 1 unspecified atom stereocenters. The Morgan fingerprint density at radius 2 is 2.08 bits per heavy atom. The first kappa shape index (κ1) is 17.1. The van der Waals surface area contributed by atoms with Crippen LogP contribution in [-0.4, -0.2) is 25.0 Å². The number of carbonyl (C=O) groups is 2. The van der Waals surface area contributed by atoms with E-state index < -0.39 is 0 Å². The van der Waals surface area contributed by atoms with E-state index in [4.69, 9.17) is 0 Å². The van der Waals surface area contributed by atoms with E-state index in [1.165, 1.54) is 17.7 Å². The molecule has 2 heterocycles. The molecular weight excluding hydrogens is 346 g/mol. The van der Waals surface area contributed by atoms with E-state index >= 15 is 0 Å². The number of nitrogens with zero attached hydrogens (tertiary/aromatic N) is 1. The molecule has 136 valence electrons. The van der Waals surface area contributed by atoms with Gasteiger partial charge in [0.2, 0.25) is 0 Å². The number of amides is 3. The third kappa shape index (κ3) is 3.46. The molecule has 1 aliphatic heterocycles. The minimum atomic E-state index is -0.107. The first-order valence-electron chi connectivity index (χ1n) is 9.22. The number of urea groups is 1. The molecule has 5 nitrogen and oxygen atoms in total. The first-order chi connectivity index (χ1) is 12.7. The summed E-state index contributed by atoms with van der Waals surface area (Å²) in [5.74, 6) is 0.432. The highest BCUT2D eigenvalue weighted by molar-refractivity contribution is 7.10. The molecule has 2 aliphatic rings. The Bertz CT molecular complexity index is 784. The number of carbonyl (C=O) groups excluding carboxylic acids is 2. The van der Waals surface area contributed by atoms with Gasteiger partial charge in [0.25, 0.3) is 5.91 Å². The van der Waals surface area contributed by atoms with Gasteiger partial charge < -0.3 is 10.6 Å². The van der Waals surface area contributed by atoms with E-state index in [9.17, 15) is 9.59 Å². The lowest BCUT2D eigenvalue weighted by Gasteiger charge is -2.24. The van der Waals surface area contributed by atoms with Crippen LogP contribution < -0.4 is 15.5 Å². The van der Waals surface area contributed by atoms with Crippen LogP contribution in [0.2, 0.25) is 0 Å². The van der Waals surface area contributed by atoms with Gasteiger partial charge in [-0.3, -0.25) is 9.69 Å². The van der Waals surface area contributed by atoms with Crippen molar-refractivity contribution in [3.8, 4) is 0 Å². The lowest BCUT2D eigenvalue weighted by molar-refractivity contribution is 0.0923. The standard InChI is InChI=1S/C20H23N3O2S/c24-19(15-7-3-8-16(13-15)23-11-10-21-20(23)25)22-18(14-5-1-2-6-14)17-9-4-12-26-17/h3-4,7-9,12-14,18H,1-2,5-6,10-11H2,(H,21,25)(H,22,24). The molecule has 26 heavy (non-hydrogen) atoms. The smallest absolute Gasteiger partial charge is 0.321 e. The second kappa shape index (κ2) is 7.50. The van der Waals surface area contributed by atoms with Crippen molar-refractivity contribution in [3.63, 3.8) is 0 Å². The highest BCUT2D eigenvalue weighted by atomic mass is 32.1. The number of benzene rings is 1. The summed E-state index contributed by atoms with van der Waals surface area (Å²) >= 11 is 1.70. The molecular formula is C20H23N3O2S. The fraction of sp³-hybridized carbons (Fsp3) is 0.400. The van der Waals surface area contributed by atoms with Crippen molar-refractivity contribution < 1.29 is 9.59 Å². The molecule has 1 aromatic heterocycles. The van der Waals surface area contributed by atoms with Crippen molar-refractivity contribution in [2.75, 3.05) is 18.0 Å². The third-order valence-electron chi connectivity index (χ3n) is 5.28. The van der Waals surface area contributed by atoms with E-state index in [1.807, 2.05) is 24.3 Å². The van der Waals surface area contributed by atoms with E-state index in [1.54, 1.807) is 22.3 Å². The van der Waals surface area contributed by atoms with E-state index in [0.717, 1.165) is 18.5 Å². The van der Waals surface area contributed by atoms with Gasteiger partial charge in [0.1, 0.15) is 0 Å². The summed E-state index contributed by atoms with van der Waals surface area (Å²) in [5.41, 5.74) is 1.36. The quantitative estimate of drug-likeness (QED) is 0.839. The number of rotatable bonds is 5. The Balaban J connectivity index is 1.53. The van der Waals surface area contributed by atoms with Crippen LogP contribution in [0.1, 0.15) is 47.0 Å². The molecule has 4 rings (SSSR count). The zero-order valence-electron chi connectivity index (χ0n) is 14.6. The number of hydrogen-bond acceptors (Lipinski definition) is 3. The molecule has 3 amide bonds. The zero-order chi connectivity index (χ0) is 17.9. The fourth-order valence-corrected chi connectivity index (χ4v) is 4.81. The molecule has 2 fully saturated rings. The van der Waals surface area contributed by atoms with Crippen molar-refractivity contribution in [2.24, 2.45) is 5.92 Å². The topological polar surface area (TPSA) is 61.4 Å². The minimum absolute atomic E-state index is 0.0724. The van der Waals surface area contributed by atoms with Crippen LogP contribution in [0.3, 0.4) is 0 Å². The number of nitrogens with one attached hydrogen (secondary N) is 2. The molecule has 2 aromatic rings. The summed E-state index contributed by atoms with van der Waals surface area (Å²) in [5, 5.41) is 8.12. The predicted molar refractivity (Wildman–Crippen MR) is 104 cm³/mol. The van der Waals surface area contributed by atoms with Crippen LogP contribution in [0.5, 0.6) is 0 Å². The van der Waals surface area contributed by atoms with Gasteiger partial charge in [0, 0.05) is 29.2 Å². The van der Waals surface area contributed by atoms with Crippen LogP contribution in [0.15, 0.2) is 41.8 Å². The normalized spacial score (nSPS) is 18.8. The Kier molecular flexibility index (Phi) is 4.93. The molecule has 0 radical (unpaired) electrons. The monoisotopic (exact) mass is 369 g/mol. The Labute approximate surface area is 157 Å². The van der Waals surface area contributed by atoms with Crippen LogP contribution in [-0.2, 0) is 0 Å². The highest BCUT2D eigenvalue weighted by Gasteiger charge is 2.29. The van der Waals surface area contributed by atoms with Crippen LogP contribution >= 0.6 is 11.3 Å². The third-order valence-corrected chi connectivity index (χ3v) is 6.24. The molecule has 1 saturated carbocycles. The maximum atomic E-state index is 12.9. The molecule has 1 atom stereocenters. The summed E-state index contributed by atoms with van der Waals surface area (Å²) in [7, 11) is 0. The number of thiophene rings is 1. The summed E-state index contributed by atoms with van der Waals surface area (Å²) in [6.07, 6.45) is 4.80. The molecule has 1 saturated heterocycles. The second-order valence-corrected chi connectivity index (χ2v) is 7.92. The van der Waals surface area contributed by atoms with Gasteiger partial charge in [-0.15, -0.1) is 11.3 Å². The van der Waals surface area contributed by atoms with Crippen molar-refractivity contribution in [2.45, 2.75) is 31.7 Å². The maximum absolute atomic E-state index is 12.9. The Morgan fingerprint density at radius 3 is 2.77 bits per heavy atom. The van der Waals surface area contributed by atoms with Crippen LogP contribution in [0.25, 0.3) is 0 Å². The lowest BCUT2D eigenvalue weighted by atomic mass is 9.96. The minimum Gasteiger partial charge on any atom is -0.344 e. The van der Waals surface area contributed by atoms with Crippen molar-refractivity contribution in [1.29, 1.82) is 0 Å². The second-order valence-electron chi connectivity index (χ2n) is 6.94. The molecule has 6 heteroatoms. The summed E-state index contributed by atoms with van der Waals surface area (Å²) < 4.78 is 0. The summed E-state index contributed by atoms with van der Waals surface area (Å²) in [6, 6.07) is 11.4. The van der Waals surface area contributed by atoms with Crippen molar-refractivity contribution >= 4 is 29.0 Å². The Hall–Kier alpha value is -2.34.